The average Bonchev–Trinajstić information content (AvgIpc) is 2.94. The molecular weight excluding hydrogens is 465 g/mol. The first-order valence-corrected chi connectivity index (χ1v) is 15.6. The van der Waals surface area contributed by atoms with Crippen molar-refractivity contribution in [2.45, 2.75) is 123 Å². The van der Waals surface area contributed by atoms with Gasteiger partial charge in [0.15, 0.2) is 0 Å². The molecule has 206 valence electrons. The lowest BCUT2D eigenvalue weighted by Gasteiger charge is -2.08. The van der Waals surface area contributed by atoms with Gasteiger partial charge < -0.3 is 0 Å². The minimum Gasteiger partial charge on any atom is -0.224 e. The largest absolute Gasteiger partial charge is 0.224 e. The van der Waals surface area contributed by atoms with Gasteiger partial charge in [-0.2, -0.15) is 4.39 Å². The molecule has 0 aliphatic rings. The van der Waals surface area contributed by atoms with Crippen LogP contribution in [0.5, 0.6) is 0 Å². The number of aryl methyl sites for hydroxylation is 2. The molecule has 0 saturated heterocycles. The van der Waals surface area contributed by atoms with E-state index in [1.165, 1.54) is 101 Å². The van der Waals surface area contributed by atoms with E-state index in [9.17, 15) is 4.39 Å². The SMILES string of the molecule is CCCCCCCCCCc1ccc(-c2ccc(-c3ccc(CCCCCCCCC)cc3)cc2)c(F)n1. The predicted molar refractivity (Wildman–Crippen MR) is 163 cm³/mol. The van der Waals surface area contributed by atoms with Gasteiger partial charge in [-0.1, -0.05) is 146 Å². The topological polar surface area (TPSA) is 12.9 Å². The predicted octanol–water partition coefficient (Wildman–Crippen LogP) is 11.5. The summed E-state index contributed by atoms with van der Waals surface area (Å²) in [5.41, 5.74) is 6.12. The van der Waals surface area contributed by atoms with Gasteiger partial charge in [0.1, 0.15) is 0 Å². The third-order valence-corrected chi connectivity index (χ3v) is 7.75. The van der Waals surface area contributed by atoms with Gasteiger partial charge in [-0.05, 0) is 60.1 Å². The highest BCUT2D eigenvalue weighted by Crippen LogP contribution is 2.27. The zero-order valence-electron chi connectivity index (χ0n) is 24.1. The Morgan fingerprint density at radius 3 is 1.45 bits per heavy atom. The molecular formula is C36H50FN. The molecule has 0 unspecified atom stereocenters. The molecule has 1 heterocycles. The lowest BCUT2D eigenvalue weighted by molar-refractivity contribution is 0.561. The minimum absolute atomic E-state index is 0.357. The molecule has 3 aromatic rings. The Bertz CT molecular complexity index is 1020. The Labute approximate surface area is 232 Å². The third kappa shape index (κ3) is 10.7. The Morgan fingerprint density at radius 1 is 0.474 bits per heavy atom. The molecule has 2 heteroatoms. The number of hydrogen-bond donors (Lipinski definition) is 0. The molecule has 0 aliphatic heterocycles. The fourth-order valence-electron chi connectivity index (χ4n) is 5.26. The Balaban J connectivity index is 1.44. The normalized spacial score (nSPS) is 11.2. The van der Waals surface area contributed by atoms with Crippen LogP contribution >= 0.6 is 0 Å². The van der Waals surface area contributed by atoms with Crippen molar-refractivity contribution in [1.29, 1.82) is 0 Å². The maximum Gasteiger partial charge on any atom is 0.220 e. The Kier molecular flexibility index (Phi) is 14.2. The highest BCUT2D eigenvalue weighted by molar-refractivity contribution is 5.70. The zero-order valence-corrected chi connectivity index (χ0v) is 24.1. The summed E-state index contributed by atoms with van der Waals surface area (Å²) in [4.78, 5) is 4.28. The number of hydrogen-bond acceptors (Lipinski definition) is 1. The molecule has 2 aromatic carbocycles. The Morgan fingerprint density at radius 2 is 0.921 bits per heavy atom. The van der Waals surface area contributed by atoms with E-state index >= 15 is 0 Å². The fraction of sp³-hybridized carbons (Fsp3) is 0.528. The number of nitrogens with zero attached hydrogens (tertiary/aromatic N) is 1. The van der Waals surface area contributed by atoms with Crippen LogP contribution in [0.15, 0.2) is 60.7 Å². The first kappa shape index (κ1) is 30.1. The van der Waals surface area contributed by atoms with Gasteiger partial charge >= 0.3 is 0 Å². The van der Waals surface area contributed by atoms with Crippen LogP contribution in [-0.2, 0) is 12.8 Å². The highest BCUT2D eigenvalue weighted by Gasteiger charge is 2.09. The molecule has 0 fully saturated rings. The lowest BCUT2D eigenvalue weighted by atomic mass is 9.98. The van der Waals surface area contributed by atoms with E-state index in [1.807, 2.05) is 24.3 Å². The van der Waals surface area contributed by atoms with Crippen molar-refractivity contribution in [1.82, 2.24) is 4.98 Å². The van der Waals surface area contributed by atoms with Gasteiger partial charge in [0, 0.05) is 11.3 Å². The molecule has 1 nitrogen and oxygen atoms in total. The van der Waals surface area contributed by atoms with Gasteiger partial charge in [-0.25, -0.2) is 4.98 Å². The number of halogens is 1. The second kappa shape index (κ2) is 17.9. The van der Waals surface area contributed by atoms with Gasteiger partial charge in [0.25, 0.3) is 0 Å². The molecule has 1 aromatic heterocycles. The van der Waals surface area contributed by atoms with E-state index in [0.717, 1.165) is 36.1 Å². The number of pyridine rings is 1. The fourth-order valence-corrected chi connectivity index (χ4v) is 5.26. The first-order chi connectivity index (χ1) is 18.7. The number of benzene rings is 2. The van der Waals surface area contributed by atoms with E-state index in [1.54, 1.807) is 0 Å². The van der Waals surface area contributed by atoms with Crippen molar-refractivity contribution < 1.29 is 4.39 Å². The van der Waals surface area contributed by atoms with Crippen LogP contribution in [0, 0.1) is 5.95 Å². The third-order valence-electron chi connectivity index (χ3n) is 7.75. The van der Waals surface area contributed by atoms with E-state index < -0.39 is 0 Å². The summed E-state index contributed by atoms with van der Waals surface area (Å²) in [6.45, 7) is 4.52. The van der Waals surface area contributed by atoms with Crippen LogP contribution in [0.4, 0.5) is 4.39 Å². The molecule has 0 amide bonds. The monoisotopic (exact) mass is 515 g/mol. The van der Waals surface area contributed by atoms with Gasteiger partial charge in [-0.15, -0.1) is 0 Å². The van der Waals surface area contributed by atoms with Crippen LogP contribution in [0.2, 0.25) is 0 Å². The summed E-state index contributed by atoms with van der Waals surface area (Å²) >= 11 is 0. The second-order valence-corrected chi connectivity index (χ2v) is 11.0. The summed E-state index contributed by atoms with van der Waals surface area (Å²) < 4.78 is 14.8. The van der Waals surface area contributed by atoms with Gasteiger partial charge in [-0.3, -0.25) is 0 Å². The van der Waals surface area contributed by atoms with Crippen molar-refractivity contribution in [3.05, 3.63) is 77.9 Å². The molecule has 0 spiro atoms. The quantitative estimate of drug-likeness (QED) is 0.114. The molecule has 38 heavy (non-hydrogen) atoms. The first-order valence-electron chi connectivity index (χ1n) is 15.6. The molecule has 0 N–H and O–H groups in total. The van der Waals surface area contributed by atoms with Gasteiger partial charge in [0.2, 0.25) is 5.95 Å². The summed E-state index contributed by atoms with van der Waals surface area (Å²) in [7, 11) is 0. The average molecular weight is 516 g/mol. The summed E-state index contributed by atoms with van der Waals surface area (Å²) in [5.74, 6) is -0.357. The maximum atomic E-state index is 14.8. The zero-order chi connectivity index (χ0) is 26.8. The van der Waals surface area contributed by atoms with E-state index in [0.29, 0.717) is 5.56 Å². The van der Waals surface area contributed by atoms with Crippen molar-refractivity contribution >= 4 is 0 Å². The smallest absolute Gasteiger partial charge is 0.220 e. The molecule has 3 rings (SSSR count). The summed E-state index contributed by atoms with van der Waals surface area (Å²) in [5, 5.41) is 0. The summed E-state index contributed by atoms with van der Waals surface area (Å²) in [6.07, 6.45) is 21.7. The maximum absolute atomic E-state index is 14.8. The van der Waals surface area contributed by atoms with Crippen LogP contribution in [0.25, 0.3) is 22.3 Å². The Hall–Kier alpha value is -2.48. The van der Waals surface area contributed by atoms with Crippen molar-refractivity contribution in [3.63, 3.8) is 0 Å². The molecule has 0 atom stereocenters. The van der Waals surface area contributed by atoms with Crippen LogP contribution in [-0.4, -0.2) is 4.98 Å². The number of rotatable bonds is 19. The summed E-state index contributed by atoms with van der Waals surface area (Å²) in [6, 6.07) is 21.1. The van der Waals surface area contributed by atoms with E-state index in [-0.39, 0.29) is 5.95 Å². The van der Waals surface area contributed by atoms with Crippen LogP contribution in [0.1, 0.15) is 121 Å². The van der Waals surface area contributed by atoms with Crippen LogP contribution < -0.4 is 0 Å². The number of unbranched alkanes of at least 4 members (excludes halogenated alkanes) is 13. The minimum atomic E-state index is -0.357. The number of aromatic nitrogens is 1. The van der Waals surface area contributed by atoms with Crippen molar-refractivity contribution in [3.8, 4) is 22.3 Å². The molecule has 0 aliphatic carbocycles. The van der Waals surface area contributed by atoms with E-state index in [4.69, 9.17) is 0 Å². The standard InChI is InChI=1S/C36H50FN/c1-3-5-7-9-11-13-15-17-19-34-28-29-35(36(37)38-34)33-26-24-32(25-27-33)31-22-20-30(21-23-31)18-16-14-12-10-8-6-4-2/h20-29H,3-19H2,1-2H3. The lowest BCUT2D eigenvalue weighted by Crippen LogP contribution is -1.96. The molecule has 0 bridgehead atoms. The van der Waals surface area contributed by atoms with Crippen molar-refractivity contribution in [2.24, 2.45) is 0 Å². The molecule has 0 saturated carbocycles. The van der Waals surface area contributed by atoms with Crippen LogP contribution in [0.3, 0.4) is 0 Å². The van der Waals surface area contributed by atoms with Crippen molar-refractivity contribution in [2.75, 3.05) is 0 Å². The molecule has 0 radical (unpaired) electrons. The highest BCUT2D eigenvalue weighted by atomic mass is 19.1. The van der Waals surface area contributed by atoms with E-state index in [2.05, 4.69) is 55.2 Å². The van der Waals surface area contributed by atoms with Gasteiger partial charge in [0.05, 0.1) is 0 Å². The second-order valence-electron chi connectivity index (χ2n) is 11.0.